The van der Waals surface area contributed by atoms with Crippen LogP contribution < -0.4 is 5.32 Å². The maximum absolute atomic E-state index is 12.3. The molecule has 1 aliphatic rings. The van der Waals surface area contributed by atoms with Crippen molar-refractivity contribution in [1.29, 1.82) is 0 Å². The molecule has 7 nitrogen and oxygen atoms in total. The zero-order valence-corrected chi connectivity index (χ0v) is 15.6. The first kappa shape index (κ1) is 17.8. The van der Waals surface area contributed by atoms with E-state index in [-0.39, 0.29) is 12.3 Å². The molecule has 1 saturated heterocycles. The van der Waals surface area contributed by atoms with Crippen molar-refractivity contribution in [3.63, 3.8) is 0 Å². The topological polar surface area (TPSA) is 75.4 Å². The summed E-state index contributed by atoms with van der Waals surface area (Å²) in [6.45, 7) is 11.3. The Morgan fingerprint density at radius 2 is 2.20 bits per heavy atom. The van der Waals surface area contributed by atoms with Crippen LogP contribution in [-0.2, 0) is 11.2 Å². The molecule has 136 valence electrons. The third-order valence-corrected chi connectivity index (χ3v) is 4.89. The molecule has 25 heavy (non-hydrogen) atoms. The van der Waals surface area contributed by atoms with Crippen LogP contribution in [0.5, 0.6) is 0 Å². The van der Waals surface area contributed by atoms with Crippen LogP contribution in [0.3, 0.4) is 0 Å². The van der Waals surface area contributed by atoms with Gasteiger partial charge in [0.25, 0.3) is 5.78 Å². The van der Waals surface area contributed by atoms with Crippen molar-refractivity contribution in [2.75, 3.05) is 19.6 Å². The normalized spacial score (nSPS) is 19.9. The molecule has 1 amide bonds. The number of likely N-dealkylation sites (tertiary alicyclic amines) is 1. The number of hydrogen-bond donors (Lipinski definition) is 1. The van der Waals surface area contributed by atoms with Crippen molar-refractivity contribution in [2.24, 2.45) is 5.92 Å². The molecular weight excluding hydrogens is 316 g/mol. The van der Waals surface area contributed by atoms with Crippen LogP contribution in [0.2, 0.25) is 0 Å². The van der Waals surface area contributed by atoms with Gasteiger partial charge in [-0.15, -0.1) is 5.10 Å². The number of carbonyl (C=O) groups excluding carboxylic acids is 1. The summed E-state index contributed by atoms with van der Waals surface area (Å²) in [6, 6.07) is 2.31. The van der Waals surface area contributed by atoms with Crippen molar-refractivity contribution in [2.45, 2.75) is 53.0 Å². The van der Waals surface area contributed by atoms with Crippen LogP contribution >= 0.6 is 0 Å². The van der Waals surface area contributed by atoms with Gasteiger partial charge in [-0.1, -0.05) is 6.92 Å². The van der Waals surface area contributed by atoms with Crippen LogP contribution in [0, 0.1) is 19.8 Å². The number of amides is 1. The van der Waals surface area contributed by atoms with Crippen molar-refractivity contribution in [1.82, 2.24) is 29.8 Å². The molecule has 3 heterocycles. The fourth-order valence-corrected chi connectivity index (χ4v) is 3.51. The molecule has 3 rings (SSSR count). The quantitative estimate of drug-likeness (QED) is 0.890. The van der Waals surface area contributed by atoms with E-state index in [0.717, 1.165) is 30.4 Å². The lowest BCUT2D eigenvalue weighted by Gasteiger charge is -2.35. The highest BCUT2D eigenvalue weighted by atomic mass is 16.1. The summed E-state index contributed by atoms with van der Waals surface area (Å²) < 4.78 is 1.69. The summed E-state index contributed by atoms with van der Waals surface area (Å²) in [6.07, 6.45) is 2.74. The van der Waals surface area contributed by atoms with Gasteiger partial charge in [-0.05, 0) is 52.1 Å². The number of aryl methyl sites for hydroxylation is 2. The molecule has 7 heteroatoms. The first-order valence-corrected chi connectivity index (χ1v) is 9.13. The molecule has 1 aliphatic heterocycles. The lowest BCUT2D eigenvalue weighted by Crippen LogP contribution is -2.46. The van der Waals surface area contributed by atoms with Gasteiger partial charge >= 0.3 is 0 Å². The van der Waals surface area contributed by atoms with Crippen LogP contribution in [0.1, 0.15) is 43.9 Å². The number of nitrogens with zero attached hydrogens (tertiary/aromatic N) is 5. The molecule has 0 aromatic carbocycles. The average Bonchev–Trinajstić information content (AvgIpc) is 2.95. The molecule has 0 radical (unpaired) electrons. The van der Waals surface area contributed by atoms with Crippen LogP contribution in [0.15, 0.2) is 6.07 Å². The predicted molar refractivity (Wildman–Crippen MR) is 96.4 cm³/mol. The first-order valence-electron chi connectivity index (χ1n) is 9.13. The van der Waals surface area contributed by atoms with Gasteiger partial charge in [-0.2, -0.15) is 4.98 Å². The summed E-state index contributed by atoms with van der Waals surface area (Å²) in [4.78, 5) is 23.4. The molecule has 0 bridgehead atoms. The Hall–Kier alpha value is -2.02. The molecule has 2 aromatic rings. The fraction of sp³-hybridized carbons (Fsp3) is 0.667. The molecule has 2 atom stereocenters. The maximum atomic E-state index is 12.3. The van der Waals surface area contributed by atoms with Gasteiger partial charge in [0.1, 0.15) is 0 Å². The molecular formula is C18H28N6O. The zero-order chi connectivity index (χ0) is 18.0. The Balaban J connectivity index is 1.55. The first-order chi connectivity index (χ1) is 11.9. The minimum absolute atomic E-state index is 0.0396. The Labute approximate surface area is 148 Å². The Morgan fingerprint density at radius 1 is 1.40 bits per heavy atom. The second-order valence-electron chi connectivity index (χ2n) is 7.35. The molecule has 1 N–H and O–H groups in total. The van der Waals surface area contributed by atoms with E-state index in [9.17, 15) is 4.79 Å². The number of rotatable bonds is 5. The van der Waals surface area contributed by atoms with E-state index in [0.29, 0.717) is 24.2 Å². The van der Waals surface area contributed by atoms with E-state index in [1.54, 1.807) is 4.52 Å². The van der Waals surface area contributed by atoms with Crippen LogP contribution in [-0.4, -0.2) is 56.1 Å². The summed E-state index contributed by atoms with van der Waals surface area (Å²) in [5, 5.41) is 7.42. The number of piperidine rings is 1. The zero-order valence-electron chi connectivity index (χ0n) is 15.6. The van der Waals surface area contributed by atoms with Gasteiger partial charge < -0.3 is 5.32 Å². The number of hydrogen-bond acceptors (Lipinski definition) is 5. The number of aromatic nitrogens is 4. The van der Waals surface area contributed by atoms with Gasteiger partial charge in [0.15, 0.2) is 5.82 Å². The summed E-state index contributed by atoms with van der Waals surface area (Å²) >= 11 is 0. The minimum atomic E-state index is -0.0396. The monoisotopic (exact) mass is 344 g/mol. The summed E-state index contributed by atoms with van der Waals surface area (Å²) in [5.41, 5.74) is 1.87. The SMILES string of the molecule is Cc1cc(C)n2nc(CC(=O)NC[C@@H](C)N3CCC[C@@H](C)C3)nc2n1. The smallest absolute Gasteiger partial charge is 0.252 e. The predicted octanol–water partition coefficient (Wildman–Crippen LogP) is 1.52. The number of carbonyl (C=O) groups is 1. The van der Waals surface area contributed by atoms with E-state index in [1.165, 1.54) is 12.8 Å². The largest absolute Gasteiger partial charge is 0.354 e. The Morgan fingerprint density at radius 3 is 2.96 bits per heavy atom. The van der Waals surface area contributed by atoms with E-state index >= 15 is 0 Å². The third kappa shape index (κ3) is 4.34. The molecule has 0 aliphatic carbocycles. The van der Waals surface area contributed by atoms with Gasteiger partial charge in [-0.25, -0.2) is 9.50 Å². The number of nitrogens with one attached hydrogen (secondary N) is 1. The van der Waals surface area contributed by atoms with E-state index in [2.05, 4.69) is 39.1 Å². The standard InChI is InChI=1S/C18H28N6O/c1-12-6-5-7-23(11-12)15(4)10-19-17(25)9-16-21-18-20-13(2)8-14(3)24(18)22-16/h8,12,15H,5-7,9-11H2,1-4H3,(H,19,25)/t12-,15-/m1/s1. The van der Waals surface area contributed by atoms with Gasteiger partial charge in [0.2, 0.25) is 5.91 Å². The highest BCUT2D eigenvalue weighted by molar-refractivity contribution is 5.77. The lowest BCUT2D eigenvalue weighted by molar-refractivity contribution is -0.120. The molecule has 0 spiro atoms. The van der Waals surface area contributed by atoms with Crippen molar-refractivity contribution in [3.8, 4) is 0 Å². The summed E-state index contributed by atoms with van der Waals surface area (Å²) in [7, 11) is 0. The van der Waals surface area contributed by atoms with Crippen LogP contribution in [0.4, 0.5) is 0 Å². The number of fused-ring (bicyclic) bond motifs is 1. The average molecular weight is 344 g/mol. The van der Waals surface area contributed by atoms with Crippen molar-refractivity contribution in [3.05, 3.63) is 23.3 Å². The van der Waals surface area contributed by atoms with Crippen LogP contribution in [0.25, 0.3) is 5.78 Å². The van der Waals surface area contributed by atoms with Crippen molar-refractivity contribution < 1.29 is 4.79 Å². The third-order valence-electron chi connectivity index (χ3n) is 4.89. The minimum Gasteiger partial charge on any atom is -0.354 e. The second-order valence-corrected chi connectivity index (χ2v) is 7.35. The lowest BCUT2D eigenvalue weighted by atomic mass is 9.99. The van der Waals surface area contributed by atoms with Gasteiger partial charge in [0.05, 0.1) is 6.42 Å². The van der Waals surface area contributed by atoms with E-state index < -0.39 is 0 Å². The molecule has 1 fully saturated rings. The second kappa shape index (κ2) is 7.47. The van der Waals surface area contributed by atoms with Gasteiger partial charge in [0, 0.05) is 30.5 Å². The van der Waals surface area contributed by atoms with E-state index in [1.807, 2.05) is 19.9 Å². The maximum Gasteiger partial charge on any atom is 0.252 e. The Bertz CT molecular complexity index is 755. The highest BCUT2D eigenvalue weighted by Gasteiger charge is 2.21. The van der Waals surface area contributed by atoms with Gasteiger partial charge in [-0.3, -0.25) is 9.69 Å². The Kier molecular flexibility index (Phi) is 5.32. The fourth-order valence-electron chi connectivity index (χ4n) is 3.51. The molecule has 0 saturated carbocycles. The van der Waals surface area contributed by atoms with E-state index in [4.69, 9.17) is 0 Å². The molecule has 0 unspecified atom stereocenters. The molecule has 2 aromatic heterocycles. The van der Waals surface area contributed by atoms with Crippen molar-refractivity contribution >= 4 is 11.7 Å². The highest BCUT2D eigenvalue weighted by Crippen LogP contribution is 2.17. The summed E-state index contributed by atoms with van der Waals surface area (Å²) in [5.74, 6) is 1.77.